The lowest BCUT2D eigenvalue weighted by molar-refractivity contribution is 0.151. The summed E-state index contributed by atoms with van der Waals surface area (Å²) in [5, 5.41) is 7.40. The fourth-order valence-corrected chi connectivity index (χ4v) is 1.81. The molecule has 0 saturated carbocycles. The number of halogens is 2. The van der Waals surface area contributed by atoms with E-state index < -0.39 is 6.43 Å². The largest absolute Gasteiger partial charge is 0.313 e. The van der Waals surface area contributed by atoms with Gasteiger partial charge in [-0.25, -0.2) is 8.78 Å². The van der Waals surface area contributed by atoms with E-state index in [-0.39, 0.29) is 5.56 Å². The summed E-state index contributed by atoms with van der Waals surface area (Å²) >= 11 is 0. The predicted molar refractivity (Wildman–Crippen MR) is 69.9 cm³/mol. The zero-order chi connectivity index (χ0) is 13.5. The van der Waals surface area contributed by atoms with E-state index in [1.54, 1.807) is 18.3 Å². The van der Waals surface area contributed by atoms with Gasteiger partial charge >= 0.3 is 0 Å². The summed E-state index contributed by atoms with van der Waals surface area (Å²) in [6, 6.07) is 8.33. The van der Waals surface area contributed by atoms with E-state index in [9.17, 15) is 8.78 Å². The minimum Gasteiger partial charge on any atom is -0.313 e. The first-order valence-corrected chi connectivity index (χ1v) is 6.31. The minimum atomic E-state index is -2.39. The number of hydrogen-bond acceptors (Lipinski definition) is 2. The van der Waals surface area contributed by atoms with E-state index in [0.717, 1.165) is 25.1 Å². The molecule has 1 N–H and O–H groups in total. The van der Waals surface area contributed by atoms with Crippen LogP contribution < -0.4 is 5.32 Å². The van der Waals surface area contributed by atoms with Crippen LogP contribution in [0, 0.1) is 0 Å². The van der Waals surface area contributed by atoms with Crippen LogP contribution in [0.4, 0.5) is 8.78 Å². The van der Waals surface area contributed by atoms with Crippen LogP contribution in [0.1, 0.15) is 24.0 Å². The zero-order valence-corrected chi connectivity index (χ0v) is 10.6. The van der Waals surface area contributed by atoms with Crippen molar-refractivity contribution in [2.75, 3.05) is 6.54 Å². The highest BCUT2D eigenvalue weighted by Gasteiger charge is 2.05. The van der Waals surface area contributed by atoms with Crippen molar-refractivity contribution in [3.8, 4) is 0 Å². The molecule has 1 aromatic carbocycles. The second kappa shape index (κ2) is 6.99. The third-order valence-corrected chi connectivity index (χ3v) is 2.86. The van der Waals surface area contributed by atoms with Gasteiger partial charge in [-0.2, -0.15) is 5.10 Å². The molecule has 19 heavy (non-hydrogen) atoms. The highest BCUT2D eigenvalue weighted by Crippen LogP contribution is 2.18. The molecule has 0 amide bonds. The molecule has 0 saturated heterocycles. The lowest BCUT2D eigenvalue weighted by Crippen LogP contribution is -2.16. The summed E-state index contributed by atoms with van der Waals surface area (Å²) in [7, 11) is 0. The number of benzene rings is 1. The minimum absolute atomic E-state index is 0.0717. The predicted octanol–water partition coefficient (Wildman–Crippen LogP) is 3.00. The molecule has 0 aliphatic rings. The van der Waals surface area contributed by atoms with Gasteiger partial charge in [-0.3, -0.25) is 4.68 Å². The van der Waals surface area contributed by atoms with Gasteiger partial charge in [-0.15, -0.1) is 0 Å². The maximum absolute atomic E-state index is 12.4. The number of hydrogen-bond donors (Lipinski definition) is 1. The van der Waals surface area contributed by atoms with Crippen molar-refractivity contribution in [1.29, 1.82) is 0 Å². The molecule has 1 heterocycles. The topological polar surface area (TPSA) is 29.9 Å². The average Bonchev–Trinajstić information content (AvgIpc) is 2.92. The quantitative estimate of drug-likeness (QED) is 0.780. The second-order valence-electron chi connectivity index (χ2n) is 4.34. The molecule has 0 unspecified atom stereocenters. The molecule has 2 aromatic rings. The first-order valence-electron chi connectivity index (χ1n) is 6.31. The first kappa shape index (κ1) is 13.7. The molecule has 0 atom stereocenters. The molecule has 102 valence electrons. The van der Waals surface area contributed by atoms with Crippen LogP contribution in [0.15, 0.2) is 42.7 Å². The summed E-state index contributed by atoms with van der Waals surface area (Å²) in [6.45, 7) is 2.45. The van der Waals surface area contributed by atoms with E-state index >= 15 is 0 Å². The number of nitrogens with one attached hydrogen (secondary N) is 1. The summed E-state index contributed by atoms with van der Waals surface area (Å²) in [4.78, 5) is 0. The molecule has 0 aliphatic carbocycles. The smallest absolute Gasteiger partial charge is 0.263 e. The molecule has 1 aromatic heterocycles. The van der Waals surface area contributed by atoms with Gasteiger partial charge in [-0.1, -0.05) is 24.3 Å². The Labute approximate surface area is 111 Å². The summed E-state index contributed by atoms with van der Waals surface area (Å²) < 4.78 is 26.6. The van der Waals surface area contributed by atoms with Crippen LogP contribution in [0.5, 0.6) is 0 Å². The number of alkyl halides is 2. The van der Waals surface area contributed by atoms with Gasteiger partial charge in [0.25, 0.3) is 6.43 Å². The van der Waals surface area contributed by atoms with E-state index in [4.69, 9.17) is 0 Å². The highest BCUT2D eigenvalue weighted by atomic mass is 19.3. The SMILES string of the molecule is FC(F)c1ccc(CNCCCn2cccn2)cc1. The molecular formula is C14H17F2N3. The molecular weight excluding hydrogens is 248 g/mol. The van der Waals surface area contributed by atoms with Crippen molar-refractivity contribution in [2.24, 2.45) is 0 Å². The van der Waals surface area contributed by atoms with Gasteiger partial charge in [0.15, 0.2) is 0 Å². The Balaban J connectivity index is 1.65. The maximum atomic E-state index is 12.4. The summed E-state index contributed by atoms with van der Waals surface area (Å²) in [5.41, 5.74) is 1.09. The van der Waals surface area contributed by atoms with Crippen molar-refractivity contribution < 1.29 is 8.78 Å². The van der Waals surface area contributed by atoms with Crippen LogP contribution in [-0.4, -0.2) is 16.3 Å². The summed E-state index contributed by atoms with van der Waals surface area (Å²) in [5.74, 6) is 0. The fourth-order valence-electron chi connectivity index (χ4n) is 1.81. The molecule has 0 spiro atoms. The average molecular weight is 265 g/mol. The third kappa shape index (κ3) is 4.44. The van der Waals surface area contributed by atoms with Crippen LogP contribution in [-0.2, 0) is 13.1 Å². The highest BCUT2D eigenvalue weighted by molar-refractivity contribution is 5.23. The first-order chi connectivity index (χ1) is 9.25. The Hall–Kier alpha value is -1.75. The number of aryl methyl sites for hydroxylation is 1. The van der Waals surface area contributed by atoms with Crippen LogP contribution in [0.2, 0.25) is 0 Å². The Bertz CT molecular complexity index is 466. The third-order valence-electron chi connectivity index (χ3n) is 2.86. The Morgan fingerprint density at radius 3 is 2.63 bits per heavy atom. The fraction of sp³-hybridized carbons (Fsp3) is 0.357. The molecule has 0 bridgehead atoms. The van der Waals surface area contributed by atoms with Gasteiger partial charge in [0, 0.05) is 31.0 Å². The van der Waals surface area contributed by atoms with Gasteiger partial charge in [0.05, 0.1) is 0 Å². The van der Waals surface area contributed by atoms with E-state index in [0.29, 0.717) is 6.54 Å². The van der Waals surface area contributed by atoms with Crippen LogP contribution in [0.3, 0.4) is 0 Å². The van der Waals surface area contributed by atoms with Gasteiger partial charge < -0.3 is 5.32 Å². The zero-order valence-electron chi connectivity index (χ0n) is 10.6. The Morgan fingerprint density at radius 1 is 1.21 bits per heavy atom. The number of aromatic nitrogens is 2. The lowest BCUT2D eigenvalue weighted by atomic mass is 10.1. The Kier molecular flexibility index (Phi) is 5.03. The summed E-state index contributed by atoms with van der Waals surface area (Å²) in [6.07, 6.45) is 2.29. The van der Waals surface area contributed by atoms with Gasteiger partial charge in [-0.05, 0) is 24.6 Å². The van der Waals surface area contributed by atoms with Crippen molar-refractivity contribution in [2.45, 2.75) is 25.9 Å². The molecule has 0 aliphatic heterocycles. The van der Waals surface area contributed by atoms with Gasteiger partial charge in [0.2, 0.25) is 0 Å². The normalized spacial score (nSPS) is 11.1. The van der Waals surface area contributed by atoms with E-state index in [1.807, 2.05) is 16.9 Å². The number of nitrogens with zero attached hydrogens (tertiary/aromatic N) is 2. The van der Waals surface area contributed by atoms with Crippen molar-refractivity contribution >= 4 is 0 Å². The van der Waals surface area contributed by atoms with Crippen LogP contribution in [0.25, 0.3) is 0 Å². The molecule has 0 radical (unpaired) electrons. The van der Waals surface area contributed by atoms with Crippen molar-refractivity contribution in [3.63, 3.8) is 0 Å². The van der Waals surface area contributed by atoms with E-state index in [2.05, 4.69) is 10.4 Å². The number of rotatable bonds is 7. The van der Waals surface area contributed by atoms with Gasteiger partial charge in [0.1, 0.15) is 0 Å². The van der Waals surface area contributed by atoms with Crippen molar-refractivity contribution in [1.82, 2.24) is 15.1 Å². The Morgan fingerprint density at radius 2 is 2.00 bits per heavy atom. The maximum Gasteiger partial charge on any atom is 0.263 e. The molecule has 3 nitrogen and oxygen atoms in total. The lowest BCUT2D eigenvalue weighted by Gasteiger charge is -2.06. The van der Waals surface area contributed by atoms with Crippen LogP contribution >= 0.6 is 0 Å². The molecule has 2 rings (SSSR count). The van der Waals surface area contributed by atoms with Crippen molar-refractivity contribution in [3.05, 3.63) is 53.9 Å². The molecule has 0 fully saturated rings. The molecule has 5 heteroatoms. The second-order valence-corrected chi connectivity index (χ2v) is 4.34. The standard InChI is InChI=1S/C14H17F2N3/c15-14(16)13-5-3-12(4-6-13)11-17-7-1-9-19-10-2-8-18-19/h2-6,8,10,14,17H,1,7,9,11H2. The monoisotopic (exact) mass is 265 g/mol. The van der Waals surface area contributed by atoms with E-state index in [1.165, 1.54) is 12.1 Å².